The molecule has 1 aromatic rings. The van der Waals surface area contributed by atoms with E-state index >= 15 is 0 Å². The number of amides is 1. The van der Waals surface area contributed by atoms with Crippen molar-refractivity contribution in [2.24, 2.45) is 0 Å². The maximum atomic E-state index is 11.4. The molecule has 2 heteroatoms. The van der Waals surface area contributed by atoms with Crippen molar-refractivity contribution in [2.45, 2.75) is 46.6 Å². The zero-order valence-corrected chi connectivity index (χ0v) is 10.6. The third-order valence-electron chi connectivity index (χ3n) is 3.00. The van der Waals surface area contributed by atoms with Crippen molar-refractivity contribution in [1.29, 1.82) is 0 Å². The summed E-state index contributed by atoms with van der Waals surface area (Å²) in [6.45, 7) is 8.18. The van der Waals surface area contributed by atoms with Gasteiger partial charge in [0.15, 0.2) is 0 Å². The van der Waals surface area contributed by atoms with Gasteiger partial charge in [-0.1, -0.05) is 32.0 Å². The highest BCUT2D eigenvalue weighted by Gasteiger charge is 2.11. The van der Waals surface area contributed by atoms with Crippen LogP contribution >= 0.6 is 0 Å². The summed E-state index contributed by atoms with van der Waals surface area (Å²) >= 11 is 0. The van der Waals surface area contributed by atoms with Gasteiger partial charge in [-0.25, -0.2) is 0 Å². The fourth-order valence-electron chi connectivity index (χ4n) is 1.70. The molecule has 1 rings (SSSR count). The second-order valence-electron chi connectivity index (χ2n) is 4.23. The van der Waals surface area contributed by atoms with E-state index in [-0.39, 0.29) is 11.9 Å². The Morgan fingerprint density at radius 2 is 1.94 bits per heavy atom. The van der Waals surface area contributed by atoms with Crippen LogP contribution in [-0.4, -0.2) is 5.91 Å². The van der Waals surface area contributed by atoms with Crippen molar-refractivity contribution >= 4 is 5.91 Å². The number of hydrogen-bond acceptors (Lipinski definition) is 1. The summed E-state index contributed by atoms with van der Waals surface area (Å²) in [6.07, 6.45) is 1.47. The van der Waals surface area contributed by atoms with Gasteiger partial charge < -0.3 is 5.32 Å². The number of aryl methyl sites for hydroxylation is 2. The van der Waals surface area contributed by atoms with Crippen LogP contribution in [-0.2, 0) is 4.79 Å². The summed E-state index contributed by atoms with van der Waals surface area (Å²) in [7, 11) is 0. The molecule has 0 aliphatic rings. The molecule has 0 saturated carbocycles. The van der Waals surface area contributed by atoms with E-state index < -0.39 is 0 Å². The van der Waals surface area contributed by atoms with Crippen molar-refractivity contribution < 1.29 is 4.79 Å². The minimum absolute atomic E-state index is 0.116. The Morgan fingerprint density at radius 1 is 1.25 bits per heavy atom. The number of rotatable bonds is 4. The molecule has 0 saturated heterocycles. The molecule has 0 heterocycles. The predicted octanol–water partition coefficient (Wildman–Crippen LogP) is 3.28. The first-order valence-electron chi connectivity index (χ1n) is 5.95. The summed E-state index contributed by atoms with van der Waals surface area (Å²) < 4.78 is 0. The Hall–Kier alpha value is -1.31. The van der Waals surface area contributed by atoms with Crippen LogP contribution in [0.25, 0.3) is 0 Å². The zero-order chi connectivity index (χ0) is 12.1. The molecule has 1 N–H and O–H groups in total. The van der Waals surface area contributed by atoms with Crippen molar-refractivity contribution in [3.05, 3.63) is 34.9 Å². The Balaban J connectivity index is 2.86. The van der Waals surface area contributed by atoms with Gasteiger partial charge in [0.25, 0.3) is 0 Å². The van der Waals surface area contributed by atoms with Crippen LogP contribution < -0.4 is 5.32 Å². The van der Waals surface area contributed by atoms with E-state index in [0.29, 0.717) is 6.42 Å². The lowest BCUT2D eigenvalue weighted by atomic mass is 9.99. The molecule has 0 bridgehead atoms. The van der Waals surface area contributed by atoms with Crippen LogP contribution in [0.1, 0.15) is 49.4 Å². The minimum Gasteiger partial charge on any atom is -0.349 e. The van der Waals surface area contributed by atoms with Gasteiger partial charge in [-0.05, 0) is 37.0 Å². The van der Waals surface area contributed by atoms with Gasteiger partial charge in [0, 0.05) is 6.42 Å². The lowest BCUT2D eigenvalue weighted by Gasteiger charge is -2.18. The number of carbonyl (C=O) groups excluding carboxylic acids is 1. The molecule has 1 atom stereocenters. The van der Waals surface area contributed by atoms with Gasteiger partial charge in [-0.15, -0.1) is 0 Å². The van der Waals surface area contributed by atoms with Crippen molar-refractivity contribution in [3.8, 4) is 0 Å². The van der Waals surface area contributed by atoms with E-state index in [4.69, 9.17) is 0 Å². The van der Waals surface area contributed by atoms with Gasteiger partial charge in [0.2, 0.25) is 5.91 Å². The van der Waals surface area contributed by atoms with Gasteiger partial charge >= 0.3 is 0 Å². The summed E-state index contributed by atoms with van der Waals surface area (Å²) in [5, 5.41) is 3.04. The van der Waals surface area contributed by atoms with E-state index in [1.165, 1.54) is 16.7 Å². The van der Waals surface area contributed by atoms with Crippen molar-refractivity contribution in [2.75, 3.05) is 0 Å². The highest BCUT2D eigenvalue weighted by Crippen LogP contribution is 2.19. The first kappa shape index (κ1) is 12.8. The average Bonchev–Trinajstić information content (AvgIpc) is 2.29. The third kappa shape index (κ3) is 3.09. The molecule has 2 nitrogen and oxygen atoms in total. The topological polar surface area (TPSA) is 29.1 Å². The summed E-state index contributed by atoms with van der Waals surface area (Å²) in [4.78, 5) is 11.4. The van der Waals surface area contributed by atoms with E-state index in [1.807, 2.05) is 6.92 Å². The molecule has 1 aromatic carbocycles. The van der Waals surface area contributed by atoms with E-state index in [9.17, 15) is 4.79 Å². The van der Waals surface area contributed by atoms with Crippen LogP contribution in [0.4, 0.5) is 0 Å². The molecule has 0 aliphatic carbocycles. The number of hydrogen-bond donors (Lipinski definition) is 1. The molecular weight excluding hydrogens is 198 g/mol. The quantitative estimate of drug-likeness (QED) is 0.827. The van der Waals surface area contributed by atoms with Crippen LogP contribution in [0.5, 0.6) is 0 Å². The lowest BCUT2D eigenvalue weighted by molar-refractivity contribution is -0.121. The molecule has 0 spiro atoms. The average molecular weight is 219 g/mol. The number of carbonyl (C=O) groups is 1. The number of benzene rings is 1. The lowest BCUT2D eigenvalue weighted by Crippen LogP contribution is -2.27. The van der Waals surface area contributed by atoms with Gasteiger partial charge in [-0.2, -0.15) is 0 Å². The Morgan fingerprint density at radius 3 is 2.44 bits per heavy atom. The Bertz CT molecular complexity index is 371. The highest BCUT2D eigenvalue weighted by atomic mass is 16.1. The van der Waals surface area contributed by atoms with E-state index in [1.54, 1.807) is 0 Å². The minimum atomic E-state index is 0.116. The second-order valence-corrected chi connectivity index (χ2v) is 4.23. The fraction of sp³-hybridized carbons (Fsp3) is 0.500. The molecule has 0 fully saturated rings. The highest BCUT2D eigenvalue weighted by molar-refractivity contribution is 5.76. The van der Waals surface area contributed by atoms with Crippen molar-refractivity contribution in [3.63, 3.8) is 0 Å². The molecular formula is C14H21NO. The van der Waals surface area contributed by atoms with Crippen LogP contribution in [0, 0.1) is 13.8 Å². The standard InChI is InChI=1S/C14H21NO/c1-5-13(15-14(16)6-2)12-8-7-10(3)11(4)9-12/h7-9,13H,5-6H2,1-4H3,(H,15,16). The molecule has 88 valence electrons. The van der Waals surface area contributed by atoms with Crippen LogP contribution in [0.3, 0.4) is 0 Å². The molecule has 1 unspecified atom stereocenters. The molecule has 0 radical (unpaired) electrons. The summed E-state index contributed by atoms with van der Waals surface area (Å²) in [5.74, 6) is 0.116. The van der Waals surface area contributed by atoms with Crippen LogP contribution in [0.15, 0.2) is 18.2 Å². The van der Waals surface area contributed by atoms with Gasteiger partial charge in [-0.3, -0.25) is 4.79 Å². The van der Waals surface area contributed by atoms with Crippen molar-refractivity contribution in [1.82, 2.24) is 5.32 Å². The zero-order valence-electron chi connectivity index (χ0n) is 10.6. The third-order valence-corrected chi connectivity index (χ3v) is 3.00. The molecule has 0 aliphatic heterocycles. The van der Waals surface area contributed by atoms with E-state index in [0.717, 1.165) is 6.42 Å². The predicted molar refractivity (Wildman–Crippen MR) is 67.4 cm³/mol. The monoisotopic (exact) mass is 219 g/mol. The maximum Gasteiger partial charge on any atom is 0.220 e. The first-order valence-corrected chi connectivity index (χ1v) is 5.95. The number of nitrogens with one attached hydrogen (secondary N) is 1. The maximum absolute atomic E-state index is 11.4. The Kier molecular flexibility index (Phi) is 4.53. The SMILES string of the molecule is CCC(=O)NC(CC)c1ccc(C)c(C)c1. The summed E-state index contributed by atoms with van der Waals surface area (Å²) in [6, 6.07) is 6.53. The largest absolute Gasteiger partial charge is 0.349 e. The molecule has 1 amide bonds. The molecule has 0 aromatic heterocycles. The smallest absolute Gasteiger partial charge is 0.220 e. The molecule has 16 heavy (non-hydrogen) atoms. The van der Waals surface area contributed by atoms with Crippen LogP contribution in [0.2, 0.25) is 0 Å². The van der Waals surface area contributed by atoms with Gasteiger partial charge in [0.1, 0.15) is 0 Å². The van der Waals surface area contributed by atoms with E-state index in [2.05, 4.69) is 44.3 Å². The summed E-state index contributed by atoms with van der Waals surface area (Å²) in [5.41, 5.74) is 3.77. The normalized spacial score (nSPS) is 12.2. The second kappa shape index (κ2) is 5.69. The fourth-order valence-corrected chi connectivity index (χ4v) is 1.70. The Labute approximate surface area is 98.1 Å². The first-order chi connectivity index (χ1) is 7.58. The van der Waals surface area contributed by atoms with Gasteiger partial charge in [0.05, 0.1) is 6.04 Å².